The third-order valence-corrected chi connectivity index (χ3v) is 4.90. The van der Waals surface area contributed by atoms with E-state index in [1.54, 1.807) is 0 Å². The van der Waals surface area contributed by atoms with E-state index >= 15 is 0 Å². The highest BCUT2D eigenvalue weighted by Gasteiger charge is 2.28. The summed E-state index contributed by atoms with van der Waals surface area (Å²) < 4.78 is 0. The van der Waals surface area contributed by atoms with Crippen LogP contribution < -0.4 is 10.2 Å². The molecule has 2 aromatic heterocycles. The fourth-order valence-corrected chi connectivity index (χ4v) is 3.18. The van der Waals surface area contributed by atoms with Crippen LogP contribution in [0.1, 0.15) is 57.5 Å². The molecule has 2 aliphatic rings. The molecule has 25 heavy (non-hydrogen) atoms. The van der Waals surface area contributed by atoms with E-state index in [9.17, 15) is 0 Å². The van der Waals surface area contributed by atoms with Crippen molar-refractivity contribution in [2.75, 3.05) is 23.3 Å². The molecule has 1 N–H and O–H groups in total. The number of rotatable bonds is 4. The summed E-state index contributed by atoms with van der Waals surface area (Å²) in [5.74, 6) is 3.47. The molecular weight excluding hydrogens is 312 g/mol. The normalized spacial score (nSPS) is 20.8. The first-order chi connectivity index (χ1) is 12.0. The Balaban J connectivity index is 1.39. The van der Waals surface area contributed by atoms with Gasteiger partial charge in [0.25, 0.3) is 0 Å². The molecule has 0 radical (unpaired) electrons. The first kappa shape index (κ1) is 16.2. The largest absolute Gasteiger partial charge is 0.365 e. The Hall–Kier alpha value is -2.24. The van der Waals surface area contributed by atoms with E-state index in [0.717, 1.165) is 42.7 Å². The second-order valence-electron chi connectivity index (χ2n) is 8.18. The molecule has 1 atom stereocenters. The van der Waals surface area contributed by atoms with Crippen LogP contribution in [-0.2, 0) is 5.41 Å². The van der Waals surface area contributed by atoms with Crippen molar-refractivity contribution in [2.24, 2.45) is 0 Å². The summed E-state index contributed by atoms with van der Waals surface area (Å²) in [6.07, 6.45) is 5.39. The Morgan fingerprint density at radius 3 is 2.60 bits per heavy atom. The van der Waals surface area contributed by atoms with Crippen LogP contribution in [0.15, 0.2) is 24.4 Å². The van der Waals surface area contributed by atoms with Crippen molar-refractivity contribution in [2.45, 2.75) is 57.4 Å². The van der Waals surface area contributed by atoms with Gasteiger partial charge in [0.15, 0.2) is 5.82 Å². The van der Waals surface area contributed by atoms with Crippen LogP contribution >= 0.6 is 0 Å². The van der Waals surface area contributed by atoms with Crippen molar-refractivity contribution >= 4 is 11.6 Å². The van der Waals surface area contributed by atoms with Gasteiger partial charge in [0.1, 0.15) is 11.6 Å². The number of hydrogen-bond donors (Lipinski definition) is 1. The molecule has 1 aliphatic heterocycles. The molecule has 2 aromatic rings. The lowest BCUT2D eigenvalue weighted by atomic mass is 9.92. The quantitative estimate of drug-likeness (QED) is 0.924. The third-order valence-electron chi connectivity index (χ3n) is 4.90. The predicted octanol–water partition coefficient (Wildman–Crippen LogP) is 3.13. The predicted molar refractivity (Wildman–Crippen MR) is 99.0 cm³/mol. The standard InChI is InChI=1S/C19H26N6/c1-19(2,3)15-6-7-17(24-23-15)25-11-9-14(12-25)21-16-8-10-20-18(22-16)13-4-5-13/h6-8,10,13-14H,4-5,9,11-12H2,1-3H3,(H,20,21,22). The molecule has 2 fully saturated rings. The molecular formula is C19H26N6. The average molecular weight is 338 g/mol. The molecule has 1 saturated carbocycles. The van der Waals surface area contributed by atoms with Gasteiger partial charge < -0.3 is 10.2 Å². The zero-order chi connectivity index (χ0) is 17.4. The molecule has 6 nitrogen and oxygen atoms in total. The zero-order valence-electron chi connectivity index (χ0n) is 15.2. The van der Waals surface area contributed by atoms with E-state index in [2.05, 4.69) is 63.3 Å². The van der Waals surface area contributed by atoms with E-state index in [1.807, 2.05) is 12.3 Å². The Bertz CT molecular complexity index is 732. The number of nitrogens with zero attached hydrogens (tertiary/aromatic N) is 5. The summed E-state index contributed by atoms with van der Waals surface area (Å²) in [6, 6.07) is 6.53. The third kappa shape index (κ3) is 3.72. The van der Waals surface area contributed by atoms with Gasteiger partial charge in [-0.1, -0.05) is 20.8 Å². The Morgan fingerprint density at radius 2 is 1.92 bits per heavy atom. The Morgan fingerprint density at radius 1 is 1.08 bits per heavy atom. The summed E-state index contributed by atoms with van der Waals surface area (Å²) in [5.41, 5.74) is 1.06. The molecule has 1 saturated heterocycles. The number of nitrogens with one attached hydrogen (secondary N) is 1. The first-order valence-electron chi connectivity index (χ1n) is 9.18. The van der Waals surface area contributed by atoms with Crippen molar-refractivity contribution in [1.29, 1.82) is 0 Å². The smallest absolute Gasteiger partial charge is 0.151 e. The molecule has 0 aromatic carbocycles. The van der Waals surface area contributed by atoms with Gasteiger partial charge in [-0.05, 0) is 37.5 Å². The summed E-state index contributed by atoms with van der Waals surface area (Å²) in [6.45, 7) is 8.38. The average Bonchev–Trinajstić information content (AvgIpc) is 3.34. The maximum Gasteiger partial charge on any atom is 0.151 e. The molecule has 6 heteroatoms. The van der Waals surface area contributed by atoms with Crippen molar-refractivity contribution in [1.82, 2.24) is 20.2 Å². The molecule has 0 bridgehead atoms. The summed E-state index contributed by atoms with van der Waals surface area (Å²) in [4.78, 5) is 11.3. The molecule has 0 spiro atoms. The molecule has 1 unspecified atom stereocenters. The second-order valence-corrected chi connectivity index (χ2v) is 8.18. The van der Waals surface area contributed by atoms with E-state index in [0.29, 0.717) is 12.0 Å². The van der Waals surface area contributed by atoms with Crippen molar-refractivity contribution in [3.05, 3.63) is 35.9 Å². The van der Waals surface area contributed by atoms with Gasteiger partial charge in [-0.3, -0.25) is 0 Å². The van der Waals surface area contributed by atoms with Crippen LogP contribution in [0.25, 0.3) is 0 Å². The Labute approximate surface area is 149 Å². The van der Waals surface area contributed by atoms with Gasteiger partial charge in [-0.25, -0.2) is 9.97 Å². The van der Waals surface area contributed by atoms with Crippen molar-refractivity contribution in [3.63, 3.8) is 0 Å². The molecule has 132 valence electrons. The van der Waals surface area contributed by atoms with Gasteiger partial charge in [0.2, 0.25) is 0 Å². The number of hydrogen-bond acceptors (Lipinski definition) is 6. The lowest BCUT2D eigenvalue weighted by Crippen LogP contribution is -2.27. The lowest BCUT2D eigenvalue weighted by Gasteiger charge is -2.20. The molecule has 1 aliphatic carbocycles. The van der Waals surface area contributed by atoms with Crippen LogP contribution in [0.2, 0.25) is 0 Å². The summed E-state index contributed by atoms with van der Waals surface area (Å²) in [7, 11) is 0. The monoisotopic (exact) mass is 338 g/mol. The zero-order valence-corrected chi connectivity index (χ0v) is 15.2. The van der Waals surface area contributed by atoms with Crippen molar-refractivity contribution in [3.8, 4) is 0 Å². The summed E-state index contributed by atoms with van der Waals surface area (Å²) in [5, 5.41) is 12.4. The van der Waals surface area contributed by atoms with Crippen LogP contribution in [0.5, 0.6) is 0 Å². The number of aromatic nitrogens is 4. The maximum absolute atomic E-state index is 4.67. The van der Waals surface area contributed by atoms with E-state index in [4.69, 9.17) is 0 Å². The van der Waals surface area contributed by atoms with Gasteiger partial charge in [-0.15, -0.1) is 5.10 Å². The molecule has 4 rings (SSSR count). The van der Waals surface area contributed by atoms with Gasteiger partial charge >= 0.3 is 0 Å². The van der Waals surface area contributed by atoms with E-state index < -0.39 is 0 Å². The van der Waals surface area contributed by atoms with Crippen molar-refractivity contribution < 1.29 is 0 Å². The van der Waals surface area contributed by atoms with Crippen LogP contribution in [0.4, 0.5) is 11.6 Å². The summed E-state index contributed by atoms with van der Waals surface area (Å²) >= 11 is 0. The minimum atomic E-state index is 0.0346. The lowest BCUT2D eigenvalue weighted by molar-refractivity contribution is 0.558. The highest BCUT2D eigenvalue weighted by Crippen LogP contribution is 2.38. The topological polar surface area (TPSA) is 66.8 Å². The van der Waals surface area contributed by atoms with Crippen LogP contribution in [0.3, 0.4) is 0 Å². The molecule has 0 amide bonds. The SMILES string of the molecule is CC(C)(C)c1ccc(N2CCC(Nc3ccnc(C4CC4)n3)C2)nn1. The minimum absolute atomic E-state index is 0.0346. The fraction of sp³-hybridized carbons (Fsp3) is 0.579. The van der Waals surface area contributed by atoms with Crippen LogP contribution in [0, 0.1) is 0 Å². The molecule has 3 heterocycles. The highest BCUT2D eigenvalue weighted by atomic mass is 15.3. The van der Waals surface area contributed by atoms with Gasteiger partial charge in [0, 0.05) is 36.7 Å². The van der Waals surface area contributed by atoms with Crippen LogP contribution in [-0.4, -0.2) is 39.3 Å². The van der Waals surface area contributed by atoms with Gasteiger partial charge in [-0.2, -0.15) is 5.10 Å². The second kappa shape index (κ2) is 6.24. The fourth-order valence-electron chi connectivity index (χ4n) is 3.18. The minimum Gasteiger partial charge on any atom is -0.365 e. The van der Waals surface area contributed by atoms with E-state index in [1.165, 1.54) is 12.8 Å². The van der Waals surface area contributed by atoms with Gasteiger partial charge in [0.05, 0.1) is 5.69 Å². The highest BCUT2D eigenvalue weighted by molar-refractivity contribution is 5.43. The Kier molecular flexibility index (Phi) is 4.06. The number of anilines is 2. The van der Waals surface area contributed by atoms with E-state index in [-0.39, 0.29) is 5.41 Å². The first-order valence-corrected chi connectivity index (χ1v) is 9.18. The maximum atomic E-state index is 4.67.